The van der Waals surface area contributed by atoms with Gasteiger partial charge in [0.15, 0.2) is 0 Å². The number of hydrogen-bond acceptors (Lipinski definition) is 4. The molecule has 2 aromatic rings. The van der Waals surface area contributed by atoms with Crippen LogP contribution in [0.2, 0.25) is 0 Å². The van der Waals surface area contributed by atoms with Gasteiger partial charge in [-0.25, -0.2) is 5.84 Å². The lowest BCUT2D eigenvalue weighted by Gasteiger charge is -2.03. The Hall–Kier alpha value is -1.54. The molecule has 94 valence electrons. The number of furan rings is 1. The van der Waals surface area contributed by atoms with E-state index in [2.05, 4.69) is 22.6 Å². The number of nitrogen functional groups attached to an aromatic ring is 1. The molecular formula is C12H11IN2O3. The first-order valence-corrected chi connectivity index (χ1v) is 6.23. The molecule has 1 amide bonds. The van der Waals surface area contributed by atoms with Crippen LogP contribution in [0.5, 0.6) is 5.75 Å². The lowest BCUT2D eigenvalue weighted by Crippen LogP contribution is -2.29. The zero-order chi connectivity index (χ0) is 13.0. The molecule has 1 aromatic heterocycles. The zero-order valence-corrected chi connectivity index (χ0v) is 11.5. The molecule has 3 N–H and O–H groups in total. The summed E-state index contributed by atoms with van der Waals surface area (Å²) in [6.45, 7) is 0.262. The van der Waals surface area contributed by atoms with Gasteiger partial charge in [-0.05, 0) is 46.9 Å². The van der Waals surface area contributed by atoms with Crippen molar-refractivity contribution in [2.24, 2.45) is 5.84 Å². The van der Waals surface area contributed by atoms with Gasteiger partial charge in [-0.15, -0.1) is 0 Å². The standard InChI is InChI=1S/C12H11IN2O3/c13-9-2-1-3-10(5-9)18-7-11-4-8(6-17-11)12(16)15-14/h1-6H,7,14H2,(H,15,16). The third-order valence-electron chi connectivity index (χ3n) is 2.22. The molecule has 0 bridgehead atoms. The number of carbonyl (C=O) groups excluding carboxylic acids is 1. The van der Waals surface area contributed by atoms with Gasteiger partial charge in [-0.1, -0.05) is 6.07 Å². The van der Waals surface area contributed by atoms with Gasteiger partial charge in [-0.3, -0.25) is 10.2 Å². The molecule has 0 spiro atoms. The average molecular weight is 358 g/mol. The molecular weight excluding hydrogens is 347 g/mol. The lowest BCUT2D eigenvalue weighted by molar-refractivity contribution is 0.0953. The van der Waals surface area contributed by atoms with E-state index in [0.29, 0.717) is 11.3 Å². The van der Waals surface area contributed by atoms with Crippen LogP contribution in [0.25, 0.3) is 0 Å². The van der Waals surface area contributed by atoms with Gasteiger partial charge < -0.3 is 9.15 Å². The van der Waals surface area contributed by atoms with E-state index in [9.17, 15) is 4.79 Å². The maximum Gasteiger partial charge on any atom is 0.268 e. The van der Waals surface area contributed by atoms with Gasteiger partial charge >= 0.3 is 0 Å². The van der Waals surface area contributed by atoms with Crippen molar-refractivity contribution in [3.8, 4) is 5.75 Å². The summed E-state index contributed by atoms with van der Waals surface area (Å²) in [5.41, 5.74) is 2.41. The minimum Gasteiger partial charge on any atom is -0.486 e. The smallest absolute Gasteiger partial charge is 0.268 e. The van der Waals surface area contributed by atoms with Crippen molar-refractivity contribution in [1.82, 2.24) is 5.43 Å². The quantitative estimate of drug-likeness (QED) is 0.380. The van der Waals surface area contributed by atoms with E-state index in [1.54, 1.807) is 6.07 Å². The van der Waals surface area contributed by atoms with Crippen LogP contribution >= 0.6 is 22.6 Å². The van der Waals surface area contributed by atoms with Gasteiger partial charge in [0.2, 0.25) is 0 Å². The first-order valence-electron chi connectivity index (χ1n) is 5.16. The third-order valence-corrected chi connectivity index (χ3v) is 2.90. The molecule has 6 heteroatoms. The zero-order valence-electron chi connectivity index (χ0n) is 9.35. The van der Waals surface area contributed by atoms with Gasteiger partial charge in [-0.2, -0.15) is 0 Å². The monoisotopic (exact) mass is 358 g/mol. The fraction of sp³-hybridized carbons (Fsp3) is 0.0833. The number of hydrazine groups is 1. The second-order valence-electron chi connectivity index (χ2n) is 3.52. The Bertz CT molecular complexity index is 554. The van der Waals surface area contributed by atoms with Crippen molar-refractivity contribution in [2.45, 2.75) is 6.61 Å². The lowest BCUT2D eigenvalue weighted by atomic mass is 10.3. The predicted molar refractivity (Wildman–Crippen MR) is 73.9 cm³/mol. The number of nitrogens with one attached hydrogen (secondary N) is 1. The number of rotatable bonds is 4. The molecule has 0 saturated heterocycles. The Kier molecular flexibility index (Phi) is 4.21. The highest BCUT2D eigenvalue weighted by atomic mass is 127. The van der Waals surface area contributed by atoms with Crippen molar-refractivity contribution < 1.29 is 13.9 Å². The fourth-order valence-electron chi connectivity index (χ4n) is 1.37. The van der Waals surface area contributed by atoms with E-state index in [4.69, 9.17) is 15.0 Å². The molecule has 2 rings (SSSR count). The fourth-order valence-corrected chi connectivity index (χ4v) is 1.88. The molecule has 18 heavy (non-hydrogen) atoms. The molecule has 0 atom stereocenters. The molecule has 0 fully saturated rings. The molecule has 0 aliphatic carbocycles. The van der Waals surface area contributed by atoms with Crippen molar-refractivity contribution in [3.05, 3.63) is 51.5 Å². The maximum atomic E-state index is 11.2. The van der Waals surface area contributed by atoms with E-state index in [1.807, 2.05) is 29.7 Å². The third kappa shape index (κ3) is 3.23. The Morgan fingerprint density at radius 2 is 2.28 bits per heavy atom. The van der Waals surface area contributed by atoms with Crippen molar-refractivity contribution in [2.75, 3.05) is 0 Å². The van der Waals surface area contributed by atoms with E-state index in [1.165, 1.54) is 6.26 Å². The first kappa shape index (κ1) is 12.9. The Morgan fingerprint density at radius 1 is 1.44 bits per heavy atom. The average Bonchev–Trinajstić information content (AvgIpc) is 2.84. The maximum absolute atomic E-state index is 11.2. The second-order valence-corrected chi connectivity index (χ2v) is 4.77. The van der Waals surface area contributed by atoms with Crippen molar-refractivity contribution >= 4 is 28.5 Å². The molecule has 1 aromatic carbocycles. The second kappa shape index (κ2) is 5.87. The highest BCUT2D eigenvalue weighted by Gasteiger charge is 2.09. The predicted octanol–water partition coefficient (Wildman–Crippen LogP) is 2.07. The summed E-state index contributed by atoms with van der Waals surface area (Å²) in [6.07, 6.45) is 1.34. The number of carbonyl (C=O) groups is 1. The summed E-state index contributed by atoms with van der Waals surface area (Å²) in [7, 11) is 0. The number of amides is 1. The number of ether oxygens (including phenoxy) is 1. The van der Waals surface area contributed by atoms with Gasteiger partial charge in [0.1, 0.15) is 24.4 Å². The SMILES string of the molecule is NNC(=O)c1coc(COc2cccc(I)c2)c1. The van der Waals surface area contributed by atoms with E-state index >= 15 is 0 Å². The van der Waals surface area contributed by atoms with Gasteiger partial charge in [0.25, 0.3) is 5.91 Å². The molecule has 0 aliphatic heterocycles. The van der Waals surface area contributed by atoms with E-state index in [-0.39, 0.29) is 12.5 Å². The topological polar surface area (TPSA) is 77.5 Å². The highest BCUT2D eigenvalue weighted by molar-refractivity contribution is 14.1. The Balaban J connectivity index is 1.98. The van der Waals surface area contributed by atoms with E-state index in [0.717, 1.165) is 9.32 Å². The summed E-state index contributed by atoms with van der Waals surface area (Å²) in [6, 6.07) is 9.25. The van der Waals surface area contributed by atoms with Crippen LogP contribution in [0.3, 0.4) is 0 Å². The largest absolute Gasteiger partial charge is 0.486 e. The van der Waals surface area contributed by atoms with Gasteiger partial charge in [0, 0.05) is 3.57 Å². The van der Waals surface area contributed by atoms with Crippen LogP contribution in [0.1, 0.15) is 16.1 Å². The molecule has 0 saturated carbocycles. The number of benzene rings is 1. The minimum absolute atomic E-state index is 0.262. The Labute approximate surface area is 117 Å². The summed E-state index contributed by atoms with van der Waals surface area (Å²) in [4.78, 5) is 11.2. The Morgan fingerprint density at radius 3 is 3.00 bits per heavy atom. The number of hydrogen-bond donors (Lipinski definition) is 2. The van der Waals surface area contributed by atoms with E-state index < -0.39 is 0 Å². The molecule has 5 nitrogen and oxygen atoms in total. The van der Waals surface area contributed by atoms with Crippen LogP contribution in [-0.4, -0.2) is 5.91 Å². The van der Waals surface area contributed by atoms with Crippen LogP contribution in [0, 0.1) is 3.57 Å². The van der Waals surface area contributed by atoms with Crippen LogP contribution in [0.15, 0.2) is 41.0 Å². The highest BCUT2D eigenvalue weighted by Crippen LogP contribution is 2.17. The molecule has 0 unspecified atom stereocenters. The first-order chi connectivity index (χ1) is 8.69. The molecule has 0 aliphatic rings. The molecule has 1 heterocycles. The van der Waals surface area contributed by atoms with Crippen LogP contribution in [-0.2, 0) is 6.61 Å². The summed E-state index contributed by atoms with van der Waals surface area (Å²) >= 11 is 2.21. The normalized spacial score (nSPS) is 10.1. The van der Waals surface area contributed by atoms with Gasteiger partial charge in [0.05, 0.1) is 5.56 Å². The number of nitrogens with two attached hydrogens (primary N) is 1. The number of halogens is 1. The summed E-state index contributed by atoms with van der Waals surface area (Å²) < 4.78 is 11.8. The van der Waals surface area contributed by atoms with Crippen molar-refractivity contribution in [3.63, 3.8) is 0 Å². The van der Waals surface area contributed by atoms with Crippen molar-refractivity contribution in [1.29, 1.82) is 0 Å². The summed E-state index contributed by atoms with van der Waals surface area (Å²) in [5.74, 6) is 5.95. The minimum atomic E-state index is -0.390. The molecule has 0 radical (unpaired) electrons. The van der Waals surface area contributed by atoms with Crippen LogP contribution in [0.4, 0.5) is 0 Å². The van der Waals surface area contributed by atoms with Crippen LogP contribution < -0.4 is 16.0 Å². The summed E-state index contributed by atoms with van der Waals surface area (Å²) in [5, 5.41) is 0.